The fourth-order valence-corrected chi connectivity index (χ4v) is 11.0. The zero-order valence-electron chi connectivity index (χ0n) is 23.9. The van der Waals surface area contributed by atoms with Gasteiger partial charge in [-0.25, -0.2) is 4.79 Å². The Labute approximate surface area is 234 Å². The molecule has 216 valence electrons. The highest BCUT2D eigenvalue weighted by Crippen LogP contribution is 2.78. The van der Waals surface area contributed by atoms with Gasteiger partial charge in [0.1, 0.15) is 23.9 Å². The fourth-order valence-electron chi connectivity index (χ4n) is 11.0. The largest absolute Gasteiger partial charge is 0.461 e. The van der Waals surface area contributed by atoms with E-state index in [1.165, 1.54) is 6.92 Å². The number of allylic oxidation sites excluding steroid dienone is 3. The van der Waals surface area contributed by atoms with E-state index >= 15 is 0 Å². The normalized spacial score (nSPS) is 55.6. The van der Waals surface area contributed by atoms with Crippen LogP contribution in [-0.4, -0.2) is 57.6 Å². The fraction of sp³-hybridized carbons (Fsp3) is 0.719. The van der Waals surface area contributed by atoms with Gasteiger partial charge in [0.15, 0.2) is 0 Å². The monoisotopic (exact) mass is 552 g/mol. The summed E-state index contributed by atoms with van der Waals surface area (Å²) in [7, 11) is 0. The lowest BCUT2D eigenvalue weighted by Crippen LogP contribution is -2.52. The quantitative estimate of drug-likeness (QED) is 0.220. The van der Waals surface area contributed by atoms with Crippen LogP contribution in [0.4, 0.5) is 0 Å². The van der Waals surface area contributed by atoms with Gasteiger partial charge in [0, 0.05) is 59.3 Å². The Kier molecular flexibility index (Phi) is 5.21. The van der Waals surface area contributed by atoms with E-state index in [0.29, 0.717) is 24.8 Å². The Bertz CT molecular complexity index is 1290. The molecule has 5 fully saturated rings. The van der Waals surface area contributed by atoms with Gasteiger partial charge in [0.2, 0.25) is 0 Å². The summed E-state index contributed by atoms with van der Waals surface area (Å²) in [6.45, 7) is 13.1. The van der Waals surface area contributed by atoms with E-state index in [1.807, 2.05) is 13.8 Å². The average Bonchev–Trinajstić information content (AvgIpc) is 3.57. The molecule has 2 bridgehead atoms. The summed E-state index contributed by atoms with van der Waals surface area (Å²) in [6.07, 6.45) is 6.35. The zero-order valence-corrected chi connectivity index (χ0v) is 23.9. The number of ether oxygens (including phenoxy) is 3. The van der Waals surface area contributed by atoms with Crippen LogP contribution in [0, 0.1) is 52.3 Å². The molecule has 3 saturated carbocycles. The second kappa shape index (κ2) is 7.88. The molecule has 8 heteroatoms. The first-order valence-corrected chi connectivity index (χ1v) is 14.8. The molecule has 0 radical (unpaired) electrons. The molecule has 2 aliphatic heterocycles. The Morgan fingerprint density at radius 1 is 1.10 bits per heavy atom. The molecular weight excluding hydrogens is 512 g/mol. The summed E-state index contributed by atoms with van der Waals surface area (Å²) in [4.78, 5) is 39.6. The molecule has 7 aliphatic rings. The van der Waals surface area contributed by atoms with Gasteiger partial charge in [-0.2, -0.15) is 0 Å². The maximum Gasteiger partial charge on any atom is 0.334 e. The Balaban J connectivity index is 1.42. The maximum absolute atomic E-state index is 14.5. The van der Waals surface area contributed by atoms with E-state index in [2.05, 4.69) is 31.7 Å². The van der Waals surface area contributed by atoms with E-state index in [0.717, 1.165) is 5.57 Å². The van der Waals surface area contributed by atoms with E-state index in [9.17, 15) is 24.6 Å². The highest BCUT2D eigenvalue weighted by Gasteiger charge is 2.83. The molecule has 2 saturated heterocycles. The molecule has 5 aliphatic carbocycles. The molecule has 2 N–H and O–H groups in total. The summed E-state index contributed by atoms with van der Waals surface area (Å²) in [5.41, 5.74) is -2.80. The molecular formula is C32H40O8. The van der Waals surface area contributed by atoms with Gasteiger partial charge < -0.3 is 24.4 Å². The SMILES string of the molecule is C=C1C(=O)O[C@H]2C1CC[C@@](C)(O)C1C2C2(C)C=CC1C21C(=O)O[C@@H]2C3C(C)=CCC3[C@](C)(O)[C@H](OC(C)=O)CC21. The van der Waals surface area contributed by atoms with Crippen LogP contribution in [0.15, 0.2) is 36.0 Å². The van der Waals surface area contributed by atoms with E-state index in [4.69, 9.17) is 14.2 Å². The van der Waals surface area contributed by atoms with Crippen LogP contribution in [0.25, 0.3) is 0 Å². The van der Waals surface area contributed by atoms with Crippen LogP contribution < -0.4 is 0 Å². The van der Waals surface area contributed by atoms with Gasteiger partial charge in [-0.3, -0.25) is 9.59 Å². The van der Waals surface area contributed by atoms with Crippen molar-refractivity contribution in [2.45, 2.75) is 89.8 Å². The topological polar surface area (TPSA) is 119 Å². The van der Waals surface area contributed by atoms with Crippen molar-refractivity contribution in [1.29, 1.82) is 0 Å². The minimum absolute atomic E-state index is 0.213. The summed E-state index contributed by atoms with van der Waals surface area (Å²) in [5.74, 6) is -3.32. The molecule has 2 heterocycles. The molecule has 0 aromatic heterocycles. The first kappa shape index (κ1) is 26.4. The second-order valence-electron chi connectivity index (χ2n) is 14.3. The Hall–Kier alpha value is -2.45. The van der Waals surface area contributed by atoms with Crippen LogP contribution >= 0.6 is 0 Å². The van der Waals surface area contributed by atoms with Crippen molar-refractivity contribution in [3.63, 3.8) is 0 Å². The number of rotatable bonds is 1. The van der Waals surface area contributed by atoms with Gasteiger partial charge in [0.25, 0.3) is 0 Å². The number of hydrogen-bond acceptors (Lipinski definition) is 8. The van der Waals surface area contributed by atoms with Crippen molar-refractivity contribution in [1.82, 2.24) is 0 Å². The summed E-state index contributed by atoms with van der Waals surface area (Å²) < 4.78 is 18.3. The van der Waals surface area contributed by atoms with Crippen molar-refractivity contribution in [2.24, 2.45) is 52.3 Å². The predicted octanol–water partition coefficient (Wildman–Crippen LogP) is 3.26. The lowest BCUT2D eigenvalue weighted by molar-refractivity contribution is -0.173. The Morgan fingerprint density at radius 3 is 2.52 bits per heavy atom. The Morgan fingerprint density at radius 2 is 1.82 bits per heavy atom. The van der Waals surface area contributed by atoms with Gasteiger partial charge in [0.05, 0.1) is 11.0 Å². The van der Waals surface area contributed by atoms with Gasteiger partial charge in [-0.1, -0.05) is 37.3 Å². The molecule has 0 aromatic rings. The predicted molar refractivity (Wildman–Crippen MR) is 142 cm³/mol. The lowest BCUT2D eigenvalue weighted by atomic mass is 9.55. The van der Waals surface area contributed by atoms with Crippen LogP contribution in [0.1, 0.15) is 60.3 Å². The summed E-state index contributed by atoms with van der Waals surface area (Å²) in [6, 6.07) is 0. The number of fused-ring (bicyclic) bond motifs is 8. The molecule has 8 nitrogen and oxygen atoms in total. The molecule has 1 spiro atoms. The first-order chi connectivity index (χ1) is 18.7. The standard InChI is InChI=1S/C32H40O8/c1-14-7-8-18-22(14)26-20(13-21(31(18,6)37)38-16(3)33)32(28(35)40-26)19-10-11-29(32,4)24-23(19)30(5,36)12-9-17-15(2)27(34)39-25(17)24/h7,10-11,17-26,36-37H,2,8-9,12-13H2,1,3-6H3/t17?,18?,19?,20?,21-,22?,23?,24?,25+,26+,29?,30-,31+,32?/m1/s1. The summed E-state index contributed by atoms with van der Waals surface area (Å²) in [5, 5.41) is 24.0. The van der Waals surface area contributed by atoms with Crippen LogP contribution in [0.2, 0.25) is 0 Å². The third-order valence-corrected chi connectivity index (χ3v) is 12.7. The second-order valence-corrected chi connectivity index (χ2v) is 14.3. The smallest absolute Gasteiger partial charge is 0.334 e. The van der Waals surface area contributed by atoms with E-state index in [-0.39, 0.29) is 47.9 Å². The van der Waals surface area contributed by atoms with Crippen molar-refractivity contribution in [3.05, 3.63) is 36.0 Å². The van der Waals surface area contributed by atoms with Crippen molar-refractivity contribution in [3.8, 4) is 0 Å². The first-order valence-electron chi connectivity index (χ1n) is 14.8. The molecule has 7 rings (SSSR count). The van der Waals surface area contributed by atoms with Crippen molar-refractivity contribution >= 4 is 17.9 Å². The van der Waals surface area contributed by atoms with E-state index in [1.54, 1.807) is 6.92 Å². The molecule has 9 unspecified atom stereocenters. The van der Waals surface area contributed by atoms with Gasteiger partial charge >= 0.3 is 17.9 Å². The van der Waals surface area contributed by atoms with E-state index < -0.39 is 58.2 Å². The zero-order chi connectivity index (χ0) is 28.7. The number of carbonyl (C=O) groups excluding carboxylic acids is 3. The van der Waals surface area contributed by atoms with Crippen LogP contribution in [0.5, 0.6) is 0 Å². The van der Waals surface area contributed by atoms with Crippen LogP contribution in [-0.2, 0) is 28.6 Å². The minimum atomic E-state index is -1.33. The number of esters is 3. The number of aliphatic hydroxyl groups is 2. The number of carbonyl (C=O) groups is 3. The van der Waals surface area contributed by atoms with Crippen molar-refractivity contribution < 1.29 is 38.8 Å². The minimum Gasteiger partial charge on any atom is -0.461 e. The van der Waals surface area contributed by atoms with Gasteiger partial charge in [-0.05, 0) is 46.5 Å². The molecule has 40 heavy (non-hydrogen) atoms. The third kappa shape index (κ3) is 2.87. The third-order valence-electron chi connectivity index (χ3n) is 12.7. The lowest BCUT2D eigenvalue weighted by Gasteiger charge is -2.44. The molecule has 0 aromatic carbocycles. The number of hydrogen-bond donors (Lipinski definition) is 2. The van der Waals surface area contributed by atoms with Crippen LogP contribution in [0.3, 0.4) is 0 Å². The average molecular weight is 553 g/mol. The molecule has 0 amide bonds. The highest BCUT2D eigenvalue weighted by atomic mass is 16.6. The summed E-state index contributed by atoms with van der Waals surface area (Å²) >= 11 is 0. The highest BCUT2D eigenvalue weighted by molar-refractivity contribution is 5.91. The molecule has 14 atom stereocenters. The van der Waals surface area contributed by atoms with Gasteiger partial charge in [-0.15, -0.1) is 0 Å². The maximum atomic E-state index is 14.5. The van der Waals surface area contributed by atoms with Crippen molar-refractivity contribution in [2.75, 3.05) is 0 Å².